The fourth-order valence-electron chi connectivity index (χ4n) is 1.93. The van der Waals surface area contributed by atoms with Gasteiger partial charge in [0.1, 0.15) is 5.75 Å². The Morgan fingerprint density at radius 1 is 1.28 bits per heavy atom. The molecule has 0 aromatic heterocycles. The molecule has 1 aromatic carbocycles. The van der Waals surface area contributed by atoms with Gasteiger partial charge in [-0.05, 0) is 49.6 Å². The van der Waals surface area contributed by atoms with Crippen LogP contribution in [0.2, 0.25) is 0 Å². The van der Waals surface area contributed by atoms with Gasteiger partial charge in [-0.25, -0.2) is 0 Å². The van der Waals surface area contributed by atoms with E-state index in [1.807, 2.05) is 0 Å². The molecule has 0 aliphatic rings. The van der Waals surface area contributed by atoms with Gasteiger partial charge in [0.05, 0.1) is 7.11 Å². The van der Waals surface area contributed by atoms with Gasteiger partial charge < -0.3 is 21.5 Å². The molecule has 0 radical (unpaired) electrons. The van der Waals surface area contributed by atoms with E-state index < -0.39 is 0 Å². The zero-order valence-corrected chi connectivity index (χ0v) is 11.6. The maximum Gasteiger partial charge on any atom is 0.122 e. The Kier molecular flexibility index (Phi) is 6.12. The highest BCUT2D eigenvalue weighted by Gasteiger charge is 2.05. The molecule has 0 saturated carbocycles. The van der Waals surface area contributed by atoms with E-state index in [2.05, 4.69) is 31.3 Å². The molecule has 0 heterocycles. The second-order valence-corrected chi connectivity index (χ2v) is 4.70. The van der Waals surface area contributed by atoms with E-state index in [1.54, 1.807) is 7.11 Å². The molecular weight excluding hydrogens is 226 g/mol. The lowest BCUT2D eigenvalue weighted by Gasteiger charge is -2.13. The van der Waals surface area contributed by atoms with Crippen LogP contribution in [-0.2, 0) is 6.42 Å². The van der Waals surface area contributed by atoms with E-state index in [4.69, 9.17) is 16.2 Å². The molecule has 0 spiro atoms. The second-order valence-electron chi connectivity index (χ2n) is 4.70. The Hall–Kier alpha value is -1.10. The first-order valence-corrected chi connectivity index (χ1v) is 6.39. The Labute approximate surface area is 110 Å². The van der Waals surface area contributed by atoms with E-state index in [9.17, 15) is 0 Å². The zero-order chi connectivity index (χ0) is 13.5. The van der Waals surface area contributed by atoms with Gasteiger partial charge in [-0.1, -0.05) is 6.07 Å². The molecule has 1 unspecified atom stereocenters. The summed E-state index contributed by atoms with van der Waals surface area (Å²) in [6.45, 7) is 6.39. The van der Waals surface area contributed by atoms with Crippen LogP contribution in [0.3, 0.4) is 0 Å². The number of benzene rings is 1. The molecule has 18 heavy (non-hydrogen) atoms. The summed E-state index contributed by atoms with van der Waals surface area (Å²) in [5.74, 6) is 0.953. The van der Waals surface area contributed by atoms with Crippen molar-refractivity contribution in [2.45, 2.75) is 26.3 Å². The molecule has 1 atom stereocenters. The van der Waals surface area contributed by atoms with Crippen molar-refractivity contribution >= 4 is 0 Å². The number of aryl methyl sites for hydroxylation is 2. The average molecular weight is 251 g/mol. The average Bonchev–Trinajstić information content (AvgIpc) is 2.37. The summed E-state index contributed by atoms with van der Waals surface area (Å²) in [5.41, 5.74) is 15.0. The van der Waals surface area contributed by atoms with Gasteiger partial charge in [-0.3, -0.25) is 0 Å². The van der Waals surface area contributed by atoms with E-state index in [0.29, 0.717) is 6.54 Å². The summed E-state index contributed by atoms with van der Waals surface area (Å²) in [6.07, 6.45) is 0.994. The van der Waals surface area contributed by atoms with E-state index in [1.165, 1.54) is 16.7 Å². The standard InChI is InChI=1S/C14H25N3O/c1-10-7-14(18-3)11(2)6-12(10)4-5-17-9-13(16)8-15/h6-7,13,17H,4-5,8-9,15-16H2,1-3H3. The number of hydrogen-bond donors (Lipinski definition) is 3. The minimum atomic E-state index is 0.0451. The van der Waals surface area contributed by atoms with Crippen molar-refractivity contribution < 1.29 is 4.74 Å². The Bertz CT molecular complexity index is 380. The molecule has 1 aromatic rings. The van der Waals surface area contributed by atoms with Gasteiger partial charge in [-0.15, -0.1) is 0 Å². The predicted molar refractivity (Wildman–Crippen MR) is 76.1 cm³/mol. The van der Waals surface area contributed by atoms with E-state index in [0.717, 1.165) is 25.3 Å². The van der Waals surface area contributed by atoms with Crippen molar-refractivity contribution in [3.63, 3.8) is 0 Å². The first kappa shape index (κ1) is 15.0. The minimum Gasteiger partial charge on any atom is -0.496 e. The van der Waals surface area contributed by atoms with Gasteiger partial charge in [0, 0.05) is 19.1 Å². The van der Waals surface area contributed by atoms with Gasteiger partial charge in [-0.2, -0.15) is 0 Å². The van der Waals surface area contributed by atoms with Crippen LogP contribution in [0.15, 0.2) is 12.1 Å². The van der Waals surface area contributed by atoms with Crippen LogP contribution in [0, 0.1) is 13.8 Å². The molecule has 0 fully saturated rings. The first-order chi connectivity index (χ1) is 8.58. The number of nitrogens with one attached hydrogen (secondary N) is 1. The van der Waals surface area contributed by atoms with Gasteiger partial charge in [0.15, 0.2) is 0 Å². The first-order valence-electron chi connectivity index (χ1n) is 6.39. The summed E-state index contributed by atoms with van der Waals surface area (Å²) >= 11 is 0. The van der Waals surface area contributed by atoms with Crippen molar-refractivity contribution in [3.8, 4) is 5.75 Å². The summed E-state index contributed by atoms with van der Waals surface area (Å²) in [7, 11) is 1.71. The molecule has 0 bridgehead atoms. The van der Waals surface area contributed by atoms with Crippen LogP contribution in [0.1, 0.15) is 16.7 Å². The number of hydrogen-bond acceptors (Lipinski definition) is 4. The highest BCUT2D eigenvalue weighted by atomic mass is 16.5. The van der Waals surface area contributed by atoms with Crippen molar-refractivity contribution in [1.29, 1.82) is 0 Å². The quantitative estimate of drug-likeness (QED) is 0.625. The van der Waals surface area contributed by atoms with Gasteiger partial charge in [0.2, 0.25) is 0 Å². The van der Waals surface area contributed by atoms with Gasteiger partial charge >= 0.3 is 0 Å². The van der Waals surface area contributed by atoms with Crippen LogP contribution in [0.25, 0.3) is 0 Å². The minimum absolute atomic E-state index is 0.0451. The number of ether oxygens (including phenoxy) is 1. The van der Waals surface area contributed by atoms with Gasteiger partial charge in [0.25, 0.3) is 0 Å². The number of nitrogens with two attached hydrogens (primary N) is 2. The summed E-state index contributed by atoms with van der Waals surface area (Å²) in [4.78, 5) is 0. The second kappa shape index (κ2) is 7.36. The van der Waals surface area contributed by atoms with Crippen LogP contribution in [-0.4, -0.2) is 32.8 Å². The molecule has 4 heteroatoms. The summed E-state index contributed by atoms with van der Waals surface area (Å²) < 4.78 is 5.31. The van der Waals surface area contributed by atoms with Crippen LogP contribution >= 0.6 is 0 Å². The third-order valence-electron chi connectivity index (χ3n) is 3.13. The van der Waals surface area contributed by atoms with Crippen molar-refractivity contribution in [2.24, 2.45) is 11.5 Å². The maximum atomic E-state index is 5.74. The fraction of sp³-hybridized carbons (Fsp3) is 0.571. The summed E-state index contributed by atoms with van der Waals surface area (Å²) in [5, 5.41) is 3.32. The fourth-order valence-corrected chi connectivity index (χ4v) is 1.93. The molecule has 102 valence electrons. The van der Waals surface area contributed by atoms with Crippen molar-refractivity contribution in [3.05, 3.63) is 28.8 Å². The third kappa shape index (κ3) is 4.29. The molecule has 0 aliphatic carbocycles. The largest absolute Gasteiger partial charge is 0.496 e. The normalized spacial score (nSPS) is 12.5. The Morgan fingerprint density at radius 2 is 2.00 bits per heavy atom. The van der Waals surface area contributed by atoms with Crippen molar-refractivity contribution in [2.75, 3.05) is 26.7 Å². The lowest BCUT2D eigenvalue weighted by atomic mass is 10.0. The van der Waals surface area contributed by atoms with Crippen LogP contribution in [0.4, 0.5) is 0 Å². The Balaban J connectivity index is 2.50. The molecule has 0 amide bonds. The molecule has 0 saturated heterocycles. The van der Waals surface area contributed by atoms with Crippen LogP contribution in [0.5, 0.6) is 5.75 Å². The van der Waals surface area contributed by atoms with Crippen LogP contribution < -0.4 is 21.5 Å². The highest BCUT2D eigenvalue weighted by molar-refractivity contribution is 5.41. The van der Waals surface area contributed by atoms with Crippen molar-refractivity contribution in [1.82, 2.24) is 5.32 Å². The molecule has 0 aliphatic heterocycles. The van der Waals surface area contributed by atoms with E-state index in [-0.39, 0.29) is 6.04 Å². The lowest BCUT2D eigenvalue weighted by molar-refractivity contribution is 0.411. The molecule has 5 N–H and O–H groups in total. The smallest absolute Gasteiger partial charge is 0.122 e. The Morgan fingerprint density at radius 3 is 2.61 bits per heavy atom. The third-order valence-corrected chi connectivity index (χ3v) is 3.13. The summed E-state index contributed by atoms with van der Waals surface area (Å²) in [6, 6.07) is 4.33. The topological polar surface area (TPSA) is 73.3 Å². The number of methoxy groups -OCH3 is 1. The molecule has 1 rings (SSSR count). The lowest BCUT2D eigenvalue weighted by Crippen LogP contribution is -2.40. The number of rotatable bonds is 7. The monoisotopic (exact) mass is 251 g/mol. The van der Waals surface area contributed by atoms with E-state index >= 15 is 0 Å². The zero-order valence-electron chi connectivity index (χ0n) is 11.6. The molecule has 4 nitrogen and oxygen atoms in total. The SMILES string of the molecule is COc1cc(C)c(CCNCC(N)CN)cc1C. The molecular formula is C14H25N3O. The maximum absolute atomic E-state index is 5.74. The predicted octanol–water partition coefficient (Wildman–Crippen LogP) is 0.730. The highest BCUT2D eigenvalue weighted by Crippen LogP contribution is 2.22.